The Morgan fingerprint density at radius 2 is 1.54 bits per heavy atom. The fraction of sp³-hybridized carbons (Fsp3) is 0.394. The molecule has 0 aromatic heterocycles. The second-order valence-electron chi connectivity index (χ2n) is 11.2. The Bertz CT molecular complexity index is 1290. The quantitative estimate of drug-likeness (QED) is 0.346. The maximum Gasteiger partial charge on any atom is 0.238 e. The zero-order valence-electron chi connectivity index (χ0n) is 22.5. The van der Waals surface area contributed by atoms with E-state index in [0.717, 1.165) is 48.9 Å². The first kappa shape index (κ1) is 25.8. The molecule has 2 saturated carbocycles. The highest BCUT2D eigenvalue weighted by Crippen LogP contribution is 2.33. The molecule has 0 bridgehead atoms. The van der Waals surface area contributed by atoms with Gasteiger partial charge in [-0.25, -0.2) is 0 Å². The van der Waals surface area contributed by atoms with Crippen molar-refractivity contribution in [1.29, 1.82) is 0 Å². The Morgan fingerprint density at radius 1 is 0.821 bits per heavy atom. The van der Waals surface area contributed by atoms with E-state index in [0.29, 0.717) is 42.5 Å². The zero-order chi connectivity index (χ0) is 26.6. The van der Waals surface area contributed by atoms with Crippen molar-refractivity contribution in [2.45, 2.75) is 38.1 Å². The van der Waals surface area contributed by atoms with Crippen molar-refractivity contribution in [2.24, 2.45) is 5.92 Å². The number of piperazine rings is 1. The third-order valence-electron chi connectivity index (χ3n) is 8.01. The van der Waals surface area contributed by atoms with Crippen LogP contribution in [0.4, 0.5) is 5.69 Å². The van der Waals surface area contributed by atoms with E-state index in [1.54, 1.807) is 6.07 Å². The van der Waals surface area contributed by atoms with Crippen molar-refractivity contribution in [3.8, 4) is 16.9 Å². The molecule has 1 amide bonds. The molecule has 202 valence electrons. The van der Waals surface area contributed by atoms with Crippen molar-refractivity contribution < 1.29 is 14.3 Å². The first-order valence-corrected chi connectivity index (χ1v) is 14.3. The Balaban J connectivity index is 1.10. The molecule has 3 aliphatic rings. The van der Waals surface area contributed by atoms with E-state index < -0.39 is 0 Å². The zero-order valence-corrected chi connectivity index (χ0v) is 22.5. The molecule has 1 aliphatic heterocycles. The summed E-state index contributed by atoms with van der Waals surface area (Å²) in [5, 5.41) is 3.06. The van der Waals surface area contributed by atoms with E-state index in [1.165, 1.54) is 25.7 Å². The summed E-state index contributed by atoms with van der Waals surface area (Å²) in [6, 6.07) is 24.6. The van der Waals surface area contributed by atoms with Gasteiger partial charge in [-0.05, 0) is 66.5 Å². The lowest BCUT2D eigenvalue weighted by molar-refractivity contribution is -0.117. The van der Waals surface area contributed by atoms with Gasteiger partial charge in [0.05, 0.1) is 18.8 Å². The van der Waals surface area contributed by atoms with Crippen LogP contribution in [0, 0.1) is 5.92 Å². The van der Waals surface area contributed by atoms with Gasteiger partial charge >= 0.3 is 0 Å². The van der Waals surface area contributed by atoms with Crippen LogP contribution in [0.1, 0.15) is 41.6 Å². The third kappa shape index (κ3) is 6.94. The fourth-order valence-corrected chi connectivity index (χ4v) is 5.27. The third-order valence-corrected chi connectivity index (χ3v) is 8.01. The SMILES string of the molecule is O=C(CN1CCN(C2CC2)CC1)Nc1cc(C(=O)Cc2ccc(-c3ccccc3)cc2)ccc1OCC1CC1. The molecule has 3 aromatic rings. The number of nitrogens with zero attached hydrogens (tertiary/aromatic N) is 2. The molecule has 1 heterocycles. The Kier molecular flexibility index (Phi) is 7.75. The number of ether oxygens (including phenoxy) is 1. The second kappa shape index (κ2) is 11.7. The summed E-state index contributed by atoms with van der Waals surface area (Å²) >= 11 is 0. The standard InChI is InChI=1S/C33H37N3O3/c37-31(20-24-8-10-27(11-9-24)26-4-2-1-3-5-26)28-12-15-32(39-23-25-6-7-25)30(21-28)34-33(38)22-35-16-18-36(19-17-35)29-13-14-29/h1-5,8-12,15,21,25,29H,6-7,13-14,16-20,22-23H2,(H,34,38). The molecule has 0 radical (unpaired) electrons. The van der Waals surface area contributed by atoms with Crippen LogP contribution >= 0.6 is 0 Å². The molecule has 0 spiro atoms. The average Bonchev–Trinajstić information content (AvgIpc) is 3.88. The van der Waals surface area contributed by atoms with Gasteiger partial charge in [0, 0.05) is 44.2 Å². The maximum absolute atomic E-state index is 13.2. The molecular formula is C33H37N3O3. The molecule has 3 aromatic carbocycles. The molecule has 1 N–H and O–H groups in total. The number of Topliss-reactive ketones (excluding diaryl/α,β-unsaturated/α-hetero) is 1. The summed E-state index contributed by atoms with van der Waals surface area (Å²) in [7, 11) is 0. The van der Waals surface area contributed by atoms with Crippen LogP contribution in [-0.2, 0) is 11.2 Å². The summed E-state index contributed by atoms with van der Waals surface area (Å²) in [4.78, 5) is 31.0. The van der Waals surface area contributed by atoms with Crippen molar-refractivity contribution in [3.05, 3.63) is 83.9 Å². The minimum absolute atomic E-state index is 0.0166. The second-order valence-corrected chi connectivity index (χ2v) is 11.2. The first-order chi connectivity index (χ1) is 19.1. The van der Waals surface area contributed by atoms with Gasteiger partial charge in [-0.15, -0.1) is 0 Å². The van der Waals surface area contributed by atoms with Gasteiger partial charge < -0.3 is 10.1 Å². The first-order valence-electron chi connectivity index (χ1n) is 14.3. The molecule has 6 heteroatoms. The summed E-state index contributed by atoms with van der Waals surface area (Å²) in [5.41, 5.74) is 4.41. The van der Waals surface area contributed by atoms with E-state index >= 15 is 0 Å². The number of hydrogen-bond acceptors (Lipinski definition) is 5. The van der Waals surface area contributed by atoms with Crippen LogP contribution in [0.2, 0.25) is 0 Å². The molecule has 1 saturated heterocycles. The number of carbonyl (C=O) groups is 2. The number of ketones is 1. The van der Waals surface area contributed by atoms with Crippen LogP contribution in [-0.4, -0.2) is 66.9 Å². The van der Waals surface area contributed by atoms with Crippen molar-refractivity contribution in [1.82, 2.24) is 9.80 Å². The molecule has 3 fully saturated rings. The summed E-state index contributed by atoms with van der Waals surface area (Å²) in [6.07, 6.45) is 5.31. The van der Waals surface area contributed by atoms with E-state index in [-0.39, 0.29) is 11.7 Å². The summed E-state index contributed by atoms with van der Waals surface area (Å²) in [5.74, 6) is 1.18. The average molecular weight is 524 g/mol. The predicted molar refractivity (Wildman–Crippen MR) is 154 cm³/mol. The number of anilines is 1. The van der Waals surface area contributed by atoms with Gasteiger partial charge in [0.1, 0.15) is 5.75 Å². The Morgan fingerprint density at radius 3 is 2.23 bits per heavy atom. The van der Waals surface area contributed by atoms with Gasteiger partial charge in [0.15, 0.2) is 5.78 Å². The molecule has 0 atom stereocenters. The van der Waals surface area contributed by atoms with E-state index in [1.807, 2.05) is 42.5 Å². The Labute approximate surface area is 231 Å². The lowest BCUT2D eigenvalue weighted by Crippen LogP contribution is -2.49. The summed E-state index contributed by atoms with van der Waals surface area (Å²) in [6.45, 7) is 4.89. The number of amides is 1. The van der Waals surface area contributed by atoms with Crippen molar-refractivity contribution in [3.63, 3.8) is 0 Å². The van der Waals surface area contributed by atoms with E-state index in [4.69, 9.17) is 4.74 Å². The van der Waals surface area contributed by atoms with Gasteiger partial charge in [-0.1, -0.05) is 54.6 Å². The minimum Gasteiger partial charge on any atom is -0.491 e. The van der Waals surface area contributed by atoms with Crippen LogP contribution in [0.25, 0.3) is 11.1 Å². The molecule has 2 aliphatic carbocycles. The van der Waals surface area contributed by atoms with Crippen molar-refractivity contribution >= 4 is 17.4 Å². The smallest absolute Gasteiger partial charge is 0.238 e. The molecule has 6 nitrogen and oxygen atoms in total. The van der Waals surface area contributed by atoms with Crippen molar-refractivity contribution in [2.75, 3.05) is 44.6 Å². The number of hydrogen-bond donors (Lipinski definition) is 1. The number of carbonyl (C=O) groups excluding carboxylic acids is 2. The van der Waals surface area contributed by atoms with Crippen LogP contribution in [0.3, 0.4) is 0 Å². The van der Waals surface area contributed by atoms with Gasteiger partial charge in [-0.3, -0.25) is 19.4 Å². The molecule has 39 heavy (non-hydrogen) atoms. The highest BCUT2D eigenvalue weighted by Gasteiger charge is 2.31. The van der Waals surface area contributed by atoms with E-state index in [2.05, 4.69) is 39.4 Å². The van der Waals surface area contributed by atoms with Gasteiger partial charge in [-0.2, -0.15) is 0 Å². The van der Waals surface area contributed by atoms with E-state index in [9.17, 15) is 9.59 Å². The molecular weight excluding hydrogens is 486 g/mol. The van der Waals surface area contributed by atoms with Crippen LogP contribution < -0.4 is 10.1 Å². The largest absolute Gasteiger partial charge is 0.491 e. The Hall–Kier alpha value is -3.48. The monoisotopic (exact) mass is 523 g/mol. The minimum atomic E-state index is -0.0627. The molecule has 6 rings (SSSR count). The highest BCUT2D eigenvalue weighted by atomic mass is 16.5. The van der Waals surface area contributed by atoms with Gasteiger partial charge in [0.25, 0.3) is 0 Å². The predicted octanol–water partition coefficient (Wildman–Crippen LogP) is 5.29. The lowest BCUT2D eigenvalue weighted by atomic mass is 9.99. The van der Waals surface area contributed by atoms with Crippen LogP contribution in [0.5, 0.6) is 5.75 Å². The fourth-order valence-electron chi connectivity index (χ4n) is 5.27. The lowest BCUT2D eigenvalue weighted by Gasteiger charge is -2.34. The number of nitrogens with one attached hydrogen (secondary N) is 1. The highest BCUT2D eigenvalue weighted by molar-refractivity contribution is 6.00. The normalized spacial score (nSPS) is 18.1. The number of benzene rings is 3. The molecule has 0 unspecified atom stereocenters. The van der Waals surface area contributed by atoms with Crippen LogP contribution in [0.15, 0.2) is 72.8 Å². The topological polar surface area (TPSA) is 61.9 Å². The van der Waals surface area contributed by atoms with Gasteiger partial charge in [0.2, 0.25) is 5.91 Å². The number of rotatable bonds is 11. The maximum atomic E-state index is 13.2. The summed E-state index contributed by atoms with van der Waals surface area (Å²) < 4.78 is 6.06.